The van der Waals surface area contributed by atoms with Gasteiger partial charge in [0.05, 0.1) is 6.54 Å². The van der Waals surface area contributed by atoms with Crippen molar-refractivity contribution in [1.82, 2.24) is 4.90 Å². The highest BCUT2D eigenvalue weighted by molar-refractivity contribution is 6.74. The first-order valence-corrected chi connectivity index (χ1v) is 14.4. The largest absolute Gasteiger partial charge is 0.543 e. The standard InChI is InChI=1S/C26H34N2O5Si/c1-26(2,3)34(4,5)33-22-13-9-12-19-20(22)16-28(25(19)31)21(24(27)30)14-15-23(29)32-17-18-10-7-6-8-11-18/h6-13,21H,14-17H2,1-5H3,(H2,27,30)/t21-/m1/s1. The second-order valence-corrected chi connectivity index (χ2v) is 14.9. The molecule has 0 aliphatic carbocycles. The van der Waals surface area contributed by atoms with Crippen molar-refractivity contribution in [2.45, 2.75) is 70.9 Å². The van der Waals surface area contributed by atoms with E-state index in [-0.39, 0.29) is 36.9 Å². The molecule has 34 heavy (non-hydrogen) atoms. The molecular formula is C26H34N2O5Si. The van der Waals surface area contributed by atoms with Crippen molar-refractivity contribution < 1.29 is 23.5 Å². The van der Waals surface area contributed by atoms with Gasteiger partial charge in [0.25, 0.3) is 5.91 Å². The Hall–Kier alpha value is -3.13. The first-order valence-electron chi connectivity index (χ1n) is 11.5. The van der Waals surface area contributed by atoms with E-state index in [4.69, 9.17) is 14.9 Å². The number of carbonyl (C=O) groups excluding carboxylic acids is 3. The third-order valence-corrected chi connectivity index (χ3v) is 11.0. The lowest BCUT2D eigenvalue weighted by molar-refractivity contribution is -0.145. The molecule has 1 atom stereocenters. The summed E-state index contributed by atoms with van der Waals surface area (Å²) in [7, 11) is -2.13. The number of esters is 1. The molecule has 1 aliphatic heterocycles. The minimum atomic E-state index is -2.13. The summed E-state index contributed by atoms with van der Waals surface area (Å²) in [4.78, 5) is 39.2. The summed E-state index contributed by atoms with van der Waals surface area (Å²) in [6.45, 7) is 11.1. The number of nitrogens with two attached hydrogens (primary N) is 1. The van der Waals surface area contributed by atoms with E-state index in [9.17, 15) is 14.4 Å². The van der Waals surface area contributed by atoms with Crippen molar-refractivity contribution in [2.75, 3.05) is 0 Å². The molecule has 0 saturated carbocycles. The molecule has 2 N–H and O–H groups in total. The van der Waals surface area contributed by atoms with Crippen LogP contribution in [0.4, 0.5) is 0 Å². The molecule has 0 radical (unpaired) electrons. The van der Waals surface area contributed by atoms with Crippen LogP contribution in [0.15, 0.2) is 48.5 Å². The molecule has 0 bridgehead atoms. The summed E-state index contributed by atoms with van der Waals surface area (Å²) in [5, 5.41) is -0.00606. The number of hydrogen-bond donors (Lipinski definition) is 1. The van der Waals surface area contributed by atoms with Crippen molar-refractivity contribution in [3.05, 3.63) is 65.2 Å². The maximum Gasteiger partial charge on any atom is 0.306 e. The lowest BCUT2D eigenvalue weighted by Gasteiger charge is -2.37. The van der Waals surface area contributed by atoms with E-state index in [0.717, 1.165) is 11.1 Å². The highest BCUT2D eigenvalue weighted by Gasteiger charge is 2.42. The predicted molar refractivity (Wildman–Crippen MR) is 133 cm³/mol. The average Bonchev–Trinajstić information content (AvgIpc) is 3.09. The van der Waals surface area contributed by atoms with Gasteiger partial charge in [-0.05, 0) is 42.2 Å². The van der Waals surface area contributed by atoms with Gasteiger partial charge in [-0.1, -0.05) is 57.2 Å². The van der Waals surface area contributed by atoms with Gasteiger partial charge in [-0.2, -0.15) is 0 Å². The number of ether oxygens (including phenoxy) is 1. The van der Waals surface area contributed by atoms with E-state index < -0.39 is 26.2 Å². The molecule has 3 rings (SSSR count). The second-order valence-electron chi connectivity index (χ2n) is 10.2. The van der Waals surface area contributed by atoms with Crippen LogP contribution in [0, 0.1) is 0 Å². The topological polar surface area (TPSA) is 98.9 Å². The quantitative estimate of drug-likeness (QED) is 0.422. The Morgan fingerprint density at radius 2 is 1.76 bits per heavy atom. The van der Waals surface area contributed by atoms with E-state index in [0.29, 0.717) is 11.3 Å². The summed E-state index contributed by atoms with van der Waals surface area (Å²) in [5.41, 5.74) is 7.80. The second kappa shape index (κ2) is 10.0. The van der Waals surface area contributed by atoms with Gasteiger partial charge in [0.15, 0.2) is 0 Å². The summed E-state index contributed by atoms with van der Waals surface area (Å²) in [6, 6.07) is 13.8. The zero-order valence-electron chi connectivity index (χ0n) is 20.6. The first kappa shape index (κ1) is 25.5. The summed E-state index contributed by atoms with van der Waals surface area (Å²) < 4.78 is 11.8. The number of fused-ring (bicyclic) bond motifs is 1. The van der Waals surface area contributed by atoms with Gasteiger partial charge < -0.3 is 19.8 Å². The van der Waals surface area contributed by atoms with Crippen LogP contribution in [-0.2, 0) is 27.5 Å². The van der Waals surface area contributed by atoms with E-state index in [1.807, 2.05) is 36.4 Å². The van der Waals surface area contributed by atoms with Crippen LogP contribution in [0.1, 0.15) is 55.1 Å². The summed E-state index contributed by atoms with van der Waals surface area (Å²) in [6.07, 6.45) is 0.0784. The maximum atomic E-state index is 13.2. The van der Waals surface area contributed by atoms with Crippen LogP contribution in [0.3, 0.4) is 0 Å². The van der Waals surface area contributed by atoms with Crippen LogP contribution >= 0.6 is 0 Å². The molecule has 8 heteroatoms. The van der Waals surface area contributed by atoms with Crippen molar-refractivity contribution >= 4 is 26.1 Å². The highest BCUT2D eigenvalue weighted by Crippen LogP contribution is 2.40. The van der Waals surface area contributed by atoms with Crippen LogP contribution in [0.25, 0.3) is 0 Å². The van der Waals surface area contributed by atoms with E-state index in [2.05, 4.69) is 33.9 Å². The zero-order valence-corrected chi connectivity index (χ0v) is 21.6. The third kappa shape index (κ3) is 5.67. The Labute approximate surface area is 202 Å². The smallest absolute Gasteiger partial charge is 0.306 e. The monoisotopic (exact) mass is 482 g/mol. The third-order valence-electron chi connectivity index (χ3n) is 6.69. The van der Waals surface area contributed by atoms with Gasteiger partial charge in [-0.15, -0.1) is 0 Å². The van der Waals surface area contributed by atoms with Gasteiger partial charge in [0.2, 0.25) is 14.2 Å². The van der Waals surface area contributed by atoms with Gasteiger partial charge in [0, 0.05) is 17.5 Å². The van der Waals surface area contributed by atoms with E-state index >= 15 is 0 Å². The molecule has 7 nitrogen and oxygen atoms in total. The van der Waals surface area contributed by atoms with Gasteiger partial charge in [-0.3, -0.25) is 14.4 Å². The Bertz CT molecular complexity index is 1060. The molecule has 0 fully saturated rings. The summed E-state index contributed by atoms with van der Waals surface area (Å²) >= 11 is 0. The number of nitrogens with zero attached hydrogens (tertiary/aromatic N) is 1. The molecule has 0 aromatic heterocycles. The Morgan fingerprint density at radius 3 is 2.38 bits per heavy atom. The molecule has 0 saturated heterocycles. The van der Waals surface area contributed by atoms with Crippen LogP contribution < -0.4 is 10.2 Å². The van der Waals surface area contributed by atoms with Gasteiger partial charge in [0.1, 0.15) is 18.4 Å². The fourth-order valence-corrected chi connectivity index (χ4v) is 4.67. The van der Waals surface area contributed by atoms with Crippen LogP contribution in [-0.4, -0.2) is 37.0 Å². The van der Waals surface area contributed by atoms with Crippen molar-refractivity contribution in [2.24, 2.45) is 5.73 Å². The molecule has 1 heterocycles. The Kier molecular flexibility index (Phi) is 7.50. The number of benzene rings is 2. The van der Waals surface area contributed by atoms with Crippen LogP contribution in [0.2, 0.25) is 18.1 Å². The summed E-state index contributed by atoms with van der Waals surface area (Å²) in [5.74, 6) is -0.701. The average molecular weight is 483 g/mol. The molecule has 2 aromatic rings. The number of carbonyl (C=O) groups is 3. The molecule has 0 unspecified atom stereocenters. The van der Waals surface area contributed by atoms with Crippen molar-refractivity contribution in [3.8, 4) is 5.75 Å². The Balaban J connectivity index is 1.70. The fourth-order valence-electron chi connectivity index (χ4n) is 3.62. The SMILES string of the molecule is CC(C)(C)[Si](C)(C)Oc1cccc2c1CN([C@H](CCC(=O)OCc1ccccc1)C(N)=O)C2=O. The number of rotatable bonds is 9. The van der Waals surface area contributed by atoms with E-state index in [1.165, 1.54) is 4.90 Å². The van der Waals surface area contributed by atoms with Crippen molar-refractivity contribution in [1.29, 1.82) is 0 Å². The first-order chi connectivity index (χ1) is 15.9. The molecule has 182 valence electrons. The number of hydrogen-bond acceptors (Lipinski definition) is 5. The maximum absolute atomic E-state index is 13.2. The minimum Gasteiger partial charge on any atom is -0.543 e. The number of primary amides is 1. The van der Waals surface area contributed by atoms with Crippen molar-refractivity contribution in [3.63, 3.8) is 0 Å². The van der Waals surface area contributed by atoms with Gasteiger partial charge in [-0.25, -0.2) is 0 Å². The van der Waals surface area contributed by atoms with Gasteiger partial charge >= 0.3 is 5.97 Å². The normalized spacial score (nSPS) is 14.5. The van der Waals surface area contributed by atoms with E-state index in [1.54, 1.807) is 12.1 Å². The fraction of sp³-hybridized carbons (Fsp3) is 0.423. The Morgan fingerprint density at radius 1 is 1.09 bits per heavy atom. The molecule has 1 aliphatic rings. The predicted octanol–water partition coefficient (Wildman–Crippen LogP) is 4.40. The molecule has 0 spiro atoms. The molecular weight excluding hydrogens is 448 g/mol. The highest BCUT2D eigenvalue weighted by atomic mass is 28.4. The van der Waals surface area contributed by atoms with Crippen LogP contribution in [0.5, 0.6) is 5.75 Å². The molecule has 2 amide bonds. The molecule has 2 aromatic carbocycles. The lowest BCUT2D eigenvalue weighted by Crippen LogP contribution is -2.45. The lowest BCUT2D eigenvalue weighted by atomic mass is 10.1. The minimum absolute atomic E-state index is 0.00606. The number of amides is 2. The zero-order chi connectivity index (χ0) is 25.1.